The summed E-state index contributed by atoms with van der Waals surface area (Å²) in [6.07, 6.45) is -0.562. The number of aryl methyl sites for hydroxylation is 3. The van der Waals surface area contributed by atoms with Crippen molar-refractivity contribution in [1.29, 1.82) is 0 Å². The fraction of sp³-hybridized carbons (Fsp3) is 0.526. The monoisotopic (exact) mass is 389 g/mol. The molecule has 0 fully saturated rings. The van der Waals surface area contributed by atoms with Gasteiger partial charge in [-0.2, -0.15) is 5.10 Å². The van der Waals surface area contributed by atoms with Gasteiger partial charge in [0.25, 0.3) is 5.91 Å². The molecule has 2 aromatic rings. The number of hydrogen-bond donors (Lipinski definition) is 2. The van der Waals surface area contributed by atoms with E-state index < -0.39 is 24.0 Å². The molecule has 0 unspecified atom stereocenters. The molecular weight excluding hydrogens is 362 g/mol. The molecule has 28 heavy (non-hydrogen) atoms. The summed E-state index contributed by atoms with van der Waals surface area (Å²) in [5.74, 6) is -1.20. The number of fused-ring (bicyclic) bond motifs is 1. The minimum absolute atomic E-state index is 0.0882. The van der Waals surface area contributed by atoms with E-state index in [0.717, 1.165) is 28.3 Å². The number of rotatable bonds is 6. The Morgan fingerprint density at radius 3 is 2.50 bits per heavy atom. The number of nitrogens with zero attached hydrogens (tertiary/aromatic N) is 3. The second-order valence-corrected chi connectivity index (χ2v) is 7.07. The largest absolute Gasteiger partial charge is 0.453 e. The van der Waals surface area contributed by atoms with Crippen LogP contribution in [-0.4, -0.2) is 44.7 Å². The van der Waals surface area contributed by atoms with Crippen LogP contribution >= 0.6 is 0 Å². The first-order chi connectivity index (χ1) is 13.1. The van der Waals surface area contributed by atoms with Crippen molar-refractivity contribution in [3.05, 3.63) is 28.7 Å². The Morgan fingerprint density at radius 2 is 1.86 bits per heavy atom. The molecule has 2 N–H and O–H groups in total. The van der Waals surface area contributed by atoms with E-state index in [0.29, 0.717) is 6.42 Å². The number of carbonyl (C=O) groups is 3. The number of carbonyl (C=O) groups excluding carboxylic acids is 3. The number of nitrogens with one attached hydrogen (secondary N) is 2. The van der Waals surface area contributed by atoms with Crippen LogP contribution < -0.4 is 10.6 Å². The first-order valence-corrected chi connectivity index (χ1v) is 9.21. The van der Waals surface area contributed by atoms with Crippen LogP contribution in [0.3, 0.4) is 0 Å². The molecule has 152 valence electrons. The molecule has 0 saturated heterocycles. The Bertz CT molecular complexity index is 903. The summed E-state index contributed by atoms with van der Waals surface area (Å²) in [6, 6.07) is 1.16. The van der Waals surface area contributed by atoms with E-state index in [4.69, 9.17) is 4.74 Å². The molecule has 3 amide bonds. The van der Waals surface area contributed by atoms with E-state index in [-0.39, 0.29) is 12.5 Å². The fourth-order valence-corrected chi connectivity index (χ4v) is 2.85. The van der Waals surface area contributed by atoms with Gasteiger partial charge in [0, 0.05) is 29.9 Å². The third-order valence-corrected chi connectivity index (χ3v) is 4.20. The summed E-state index contributed by atoms with van der Waals surface area (Å²) in [7, 11) is 0. The number of hydrogen-bond acceptors (Lipinski definition) is 6. The number of ether oxygens (including phenoxy) is 1. The van der Waals surface area contributed by atoms with Gasteiger partial charge in [-0.3, -0.25) is 14.9 Å². The van der Waals surface area contributed by atoms with Crippen molar-refractivity contribution < 1.29 is 19.1 Å². The first-order valence-electron chi connectivity index (χ1n) is 9.21. The quantitative estimate of drug-likeness (QED) is 0.728. The molecular formula is C19H27N5O4. The lowest BCUT2D eigenvalue weighted by Gasteiger charge is -2.15. The van der Waals surface area contributed by atoms with Crippen LogP contribution in [0.5, 0.6) is 0 Å². The second kappa shape index (κ2) is 8.81. The van der Waals surface area contributed by atoms with E-state index in [1.165, 1.54) is 6.92 Å². The van der Waals surface area contributed by atoms with E-state index in [2.05, 4.69) is 20.7 Å². The third-order valence-electron chi connectivity index (χ3n) is 4.20. The van der Waals surface area contributed by atoms with Gasteiger partial charge in [0.1, 0.15) is 0 Å². The maximum absolute atomic E-state index is 12.1. The average molecular weight is 389 g/mol. The van der Waals surface area contributed by atoms with Gasteiger partial charge >= 0.3 is 12.0 Å². The Hall–Kier alpha value is -2.97. The molecule has 0 saturated carbocycles. The molecule has 2 aromatic heterocycles. The van der Waals surface area contributed by atoms with Crippen LogP contribution in [0.2, 0.25) is 0 Å². The van der Waals surface area contributed by atoms with Crippen LogP contribution in [0.25, 0.3) is 5.65 Å². The highest BCUT2D eigenvalue weighted by Gasteiger charge is 2.21. The maximum Gasteiger partial charge on any atom is 0.321 e. The SMILES string of the molecule is Cc1cc2nc(C)c(CCC(=O)O[C@H](C)C(=O)NC(=O)NC(C)C)c(C)n2n1. The number of imide groups is 1. The number of esters is 1. The topological polar surface area (TPSA) is 115 Å². The summed E-state index contributed by atoms with van der Waals surface area (Å²) in [5, 5.41) is 9.08. The lowest BCUT2D eigenvalue weighted by molar-refractivity contribution is -0.154. The molecule has 1 atom stereocenters. The van der Waals surface area contributed by atoms with Gasteiger partial charge in [-0.15, -0.1) is 0 Å². The third kappa shape index (κ3) is 5.28. The van der Waals surface area contributed by atoms with Gasteiger partial charge in [-0.1, -0.05) is 0 Å². The smallest absolute Gasteiger partial charge is 0.321 e. The van der Waals surface area contributed by atoms with Crippen LogP contribution in [-0.2, 0) is 20.7 Å². The van der Waals surface area contributed by atoms with Crippen molar-refractivity contribution in [2.24, 2.45) is 0 Å². The number of urea groups is 1. The molecule has 0 aliphatic rings. The molecule has 0 bridgehead atoms. The van der Waals surface area contributed by atoms with Gasteiger partial charge < -0.3 is 10.1 Å². The molecule has 2 heterocycles. The molecule has 0 aliphatic carbocycles. The molecule has 0 spiro atoms. The number of amides is 3. The molecule has 0 aliphatic heterocycles. The summed E-state index contributed by atoms with van der Waals surface area (Å²) >= 11 is 0. The summed E-state index contributed by atoms with van der Waals surface area (Å²) in [5.41, 5.74) is 4.30. The van der Waals surface area contributed by atoms with E-state index in [1.54, 1.807) is 18.4 Å². The minimum Gasteiger partial charge on any atom is -0.453 e. The van der Waals surface area contributed by atoms with Crippen molar-refractivity contribution in [2.45, 2.75) is 66.5 Å². The van der Waals surface area contributed by atoms with E-state index >= 15 is 0 Å². The molecule has 9 heteroatoms. The number of aromatic nitrogens is 3. The van der Waals surface area contributed by atoms with Crippen LogP contribution in [0.1, 0.15) is 49.8 Å². The zero-order valence-electron chi connectivity index (χ0n) is 17.1. The van der Waals surface area contributed by atoms with Crippen LogP contribution in [0.4, 0.5) is 4.79 Å². The highest BCUT2D eigenvalue weighted by molar-refractivity contribution is 5.97. The Labute approximate surface area is 163 Å². The van der Waals surface area contributed by atoms with E-state index in [9.17, 15) is 14.4 Å². The average Bonchev–Trinajstić information content (AvgIpc) is 2.94. The zero-order chi connectivity index (χ0) is 21.0. The summed E-state index contributed by atoms with van der Waals surface area (Å²) in [6.45, 7) is 10.7. The van der Waals surface area contributed by atoms with E-state index in [1.807, 2.05) is 26.8 Å². The Balaban J connectivity index is 1.94. The summed E-state index contributed by atoms with van der Waals surface area (Å²) < 4.78 is 6.89. The highest BCUT2D eigenvalue weighted by atomic mass is 16.5. The Morgan fingerprint density at radius 1 is 1.18 bits per heavy atom. The van der Waals surface area contributed by atoms with Gasteiger partial charge in [-0.25, -0.2) is 14.3 Å². The minimum atomic E-state index is -1.07. The second-order valence-electron chi connectivity index (χ2n) is 7.07. The van der Waals surface area contributed by atoms with Crippen molar-refractivity contribution in [3.8, 4) is 0 Å². The van der Waals surface area contributed by atoms with Gasteiger partial charge in [0.15, 0.2) is 11.8 Å². The van der Waals surface area contributed by atoms with Gasteiger partial charge in [0.2, 0.25) is 0 Å². The fourth-order valence-electron chi connectivity index (χ4n) is 2.85. The molecule has 0 aromatic carbocycles. The predicted molar refractivity (Wildman–Crippen MR) is 103 cm³/mol. The Kier molecular flexibility index (Phi) is 6.71. The zero-order valence-corrected chi connectivity index (χ0v) is 17.1. The van der Waals surface area contributed by atoms with Crippen molar-refractivity contribution in [1.82, 2.24) is 25.2 Å². The molecule has 9 nitrogen and oxygen atoms in total. The van der Waals surface area contributed by atoms with Gasteiger partial charge in [0.05, 0.1) is 5.69 Å². The highest BCUT2D eigenvalue weighted by Crippen LogP contribution is 2.17. The van der Waals surface area contributed by atoms with Crippen molar-refractivity contribution in [2.75, 3.05) is 0 Å². The lowest BCUT2D eigenvalue weighted by atomic mass is 10.1. The lowest BCUT2D eigenvalue weighted by Crippen LogP contribution is -2.46. The van der Waals surface area contributed by atoms with Crippen LogP contribution in [0.15, 0.2) is 6.07 Å². The first kappa shape index (κ1) is 21.3. The normalized spacial score (nSPS) is 12.1. The summed E-state index contributed by atoms with van der Waals surface area (Å²) in [4.78, 5) is 40.1. The molecule has 0 radical (unpaired) electrons. The van der Waals surface area contributed by atoms with Gasteiger partial charge in [-0.05, 0) is 53.5 Å². The molecule has 2 rings (SSSR count). The predicted octanol–water partition coefficient (Wildman–Crippen LogP) is 1.75. The standard InChI is InChI=1S/C19H27N5O4/c1-10(2)20-19(27)22-18(26)14(6)28-17(25)8-7-15-12(4)21-16-9-11(3)23-24(16)13(15)5/h9-10,14H,7-8H2,1-6H3,(H2,20,22,26,27)/t14-/m1/s1. The van der Waals surface area contributed by atoms with Crippen molar-refractivity contribution >= 4 is 23.6 Å². The van der Waals surface area contributed by atoms with Crippen molar-refractivity contribution in [3.63, 3.8) is 0 Å². The van der Waals surface area contributed by atoms with Crippen LogP contribution in [0, 0.1) is 20.8 Å². The maximum atomic E-state index is 12.1.